The second kappa shape index (κ2) is 6.29. The van der Waals surface area contributed by atoms with Gasteiger partial charge in [-0.2, -0.15) is 0 Å². The summed E-state index contributed by atoms with van der Waals surface area (Å²) in [6.07, 6.45) is 0. The van der Waals surface area contributed by atoms with E-state index >= 15 is 0 Å². The Bertz CT molecular complexity index is 618. The van der Waals surface area contributed by atoms with Gasteiger partial charge in [0.25, 0.3) is 0 Å². The highest BCUT2D eigenvalue weighted by molar-refractivity contribution is 6.89. The highest BCUT2D eigenvalue weighted by Crippen LogP contribution is 2.25. The zero-order chi connectivity index (χ0) is 16.4. The number of rotatable bonds is 4. The molecule has 0 unspecified atom stereocenters. The minimum atomic E-state index is -1.45. The van der Waals surface area contributed by atoms with Gasteiger partial charge < -0.3 is 4.74 Å². The molecule has 2 heteroatoms. The first-order valence-corrected chi connectivity index (χ1v) is 11.5. The number of ether oxygens (including phenoxy) is 1. The Kier molecular flexibility index (Phi) is 4.81. The van der Waals surface area contributed by atoms with E-state index in [0.29, 0.717) is 6.61 Å². The van der Waals surface area contributed by atoms with Crippen LogP contribution in [0.15, 0.2) is 48.5 Å². The summed E-state index contributed by atoms with van der Waals surface area (Å²) in [6, 6.07) is 17.1. The van der Waals surface area contributed by atoms with Crippen molar-refractivity contribution in [2.75, 3.05) is 0 Å². The van der Waals surface area contributed by atoms with Crippen LogP contribution in [0, 0.1) is 0 Å². The molecule has 0 atom stereocenters. The van der Waals surface area contributed by atoms with Crippen molar-refractivity contribution in [1.29, 1.82) is 0 Å². The molecule has 0 aliphatic heterocycles. The van der Waals surface area contributed by atoms with Gasteiger partial charge >= 0.3 is 0 Å². The number of benzene rings is 2. The van der Waals surface area contributed by atoms with E-state index in [-0.39, 0.29) is 5.41 Å². The van der Waals surface area contributed by atoms with Crippen LogP contribution in [0.4, 0.5) is 0 Å². The van der Waals surface area contributed by atoms with Gasteiger partial charge in [-0.1, -0.05) is 82.9 Å². The van der Waals surface area contributed by atoms with Crippen molar-refractivity contribution in [3.8, 4) is 5.75 Å². The van der Waals surface area contributed by atoms with Crippen LogP contribution in [0.1, 0.15) is 31.9 Å². The van der Waals surface area contributed by atoms with Crippen LogP contribution >= 0.6 is 0 Å². The fraction of sp³-hybridized carbons (Fsp3) is 0.400. The lowest BCUT2D eigenvalue weighted by atomic mass is 9.87. The molecule has 0 fully saturated rings. The smallest absolute Gasteiger partial charge is 0.119 e. The van der Waals surface area contributed by atoms with Gasteiger partial charge in [0.2, 0.25) is 0 Å². The molecule has 0 bridgehead atoms. The molecule has 1 nitrogen and oxygen atoms in total. The first-order valence-electron chi connectivity index (χ1n) is 8.00. The molecular formula is C20H28OSi. The van der Waals surface area contributed by atoms with Crippen molar-refractivity contribution in [2.24, 2.45) is 0 Å². The Labute approximate surface area is 136 Å². The standard InChI is InChI=1S/C20H28OSi/c1-20(2,3)17-12-13-18(19(14-17)22(4,5)6)21-15-16-10-8-7-9-11-16/h7-14H,15H2,1-6H3. The summed E-state index contributed by atoms with van der Waals surface area (Å²) >= 11 is 0. The monoisotopic (exact) mass is 312 g/mol. The molecule has 0 N–H and O–H groups in total. The lowest BCUT2D eigenvalue weighted by Gasteiger charge is -2.26. The molecule has 0 saturated heterocycles. The first-order chi connectivity index (χ1) is 10.2. The van der Waals surface area contributed by atoms with Crippen LogP contribution in [0.5, 0.6) is 5.75 Å². The third-order valence-corrected chi connectivity index (χ3v) is 5.90. The van der Waals surface area contributed by atoms with E-state index in [4.69, 9.17) is 4.74 Å². The maximum absolute atomic E-state index is 6.15. The SMILES string of the molecule is CC(C)(C)c1ccc(OCc2ccccc2)c([Si](C)(C)C)c1. The molecule has 2 aromatic rings. The van der Waals surface area contributed by atoms with E-state index in [9.17, 15) is 0 Å². The fourth-order valence-corrected chi connectivity index (χ4v) is 3.93. The van der Waals surface area contributed by atoms with Crippen molar-refractivity contribution in [1.82, 2.24) is 0 Å². The lowest BCUT2D eigenvalue weighted by molar-refractivity contribution is 0.308. The third kappa shape index (κ3) is 4.23. The van der Waals surface area contributed by atoms with Gasteiger partial charge in [0.15, 0.2) is 0 Å². The van der Waals surface area contributed by atoms with Gasteiger partial charge in [-0.15, -0.1) is 0 Å². The fourth-order valence-electron chi connectivity index (χ4n) is 2.44. The maximum atomic E-state index is 6.15. The van der Waals surface area contributed by atoms with Gasteiger partial charge in [0, 0.05) is 0 Å². The second-order valence-corrected chi connectivity index (χ2v) is 13.0. The lowest BCUT2D eigenvalue weighted by Crippen LogP contribution is -2.39. The summed E-state index contributed by atoms with van der Waals surface area (Å²) in [4.78, 5) is 0. The molecule has 0 amide bonds. The summed E-state index contributed by atoms with van der Waals surface area (Å²) in [7, 11) is -1.45. The van der Waals surface area contributed by atoms with E-state index in [1.807, 2.05) is 6.07 Å². The maximum Gasteiger partial charge on any atom is 0.119 e. The Hall–Kier alpha value is -1.54. The van der Waals surface area contributed by atoms with Crippen molar-refractivity contribution >= 4 is 13.3 Å². The molecular weight excluding hydrogens is 284 g/mol. The number of hydrogen-bond acceptors (Lipinski definition) is 1. The Morgan fingerprint density at radius 2 is 1.55 bits per heavy atom. The highest BCUT2D eigenvalue weighted by Gasteiger charge is 2.24. The molecule has 118 valence electrons. The summed E-state index contributed by atoms with van der Waals surface area (Å²) in [6.45, 7) is 14.6. The molecule has 0 spiro atoms. The van der Waals surface area contributed by atoms with Crippen LogP contribution in [0.25, 0.3) is 0 Å². The highest BCUT2D eigenvalue weighted by atomic mass is 28.3. The molecule has 2 aromatic carbocycles. The molecule has 0 heterocycles. The topological polar surface area (TPSA) is 9.23 Å². The van der Waals surface area contributed by atoms with Crippen LogP contribution in [-0.2, 0) is 12.0 Å². The van der Waals surface area contributed by atoms with Gasteiger partial charge in [0.05, 0.1) is 8.07 Å². The molecule has 0 aliphatic carbocycles. The van der Waals surface area contributed by atoms with Crippen molar-refractivity contribution in [3.63, 3.8) is 0 Å². The van der Waals surface area contributed by atoms with E-state index in [0.717, 1.165) is 5.75 Å². The van der Waals surface area contributed by atoms with Crippen molar-refractivity contribution in [3.05, 3.63) is 59.7 Å². The van der Waals surface area contributed by atoms with Crippen LogP contribution < -0.4 is 9.92 Å². The Morgan fingerprint density at radius 1 is 0.909 bits per heavy atom. The average Bonchev–Trinajstić information content (AvgIpc) is 2.44. The van der Waals surface area contributed by atoms with E-state index < -0.39 is 8.07 Å². The summed E-state index contributed by atoms with van der Waals surface area (Å²) in [5, 5.41) is 1.41. The van der Waals surface area contributed by atoms with E-state index in [2.05, 4.69) is 82.9 Å². The summed E-state index contributed by atoms with van der Waals surface area (Å²) in [5.41, 5.74) is 2.77. The van der Waals surface area contributed by atoms with Gasteiger partial charge in [-0.3, -0.25) is 0 Å². The number of hydrogen-bond donors (Lipinski definition) is 0. The van der Waals surface area contributed by atoms with Gasteiger partial charge in [0.1, 0.15) is 12.4 Å². The zero-order valence-electron chi connectivity index (χ0n) is 14.7. The predicted octanol–water partition coefficient (Wildman–Crippen LogP) is 5.11. The quantitative estimate of drug-likeness (QED) is 0.713. The van der Waals surface area contributed by atoms with Crippen LogP contribution in [0.3, 0.4) is 0 Å². The minimum absolute atomic E-state index is 0.173. The molecule has 2 rings (SSSR count). The molecule has 0 aromatic heterocycles. The first kappa shape index (κ1) is 16.8. The second-order valence-electron chi connectivity index (χ2n) is 7.99. The van der Waals surface area contributed by atoms with Crippen LogP contribution in [-0.4, -0.2) is 8.07 Å². The molecule has 0 saturated carbocycles. The van der Waals surface area contributed by atoms with Crippen LogP contribution in [0.2, 0.25) is 19.6 Å². The largest absolute Gasteiger partial charge is 0.489 e. The van der Waals surface area contributed by atoms with Crippen molar-refractivity contribution < 1.29 is 4.74 Å². The Morgan fingerprint density at radius 3 is 2.09 bits per heavy atom. The predicted molar refractivity (Wildman–Crippen MR) is 98.9 cm³/mol. The Balaban J connectivity index is 2.30. The van der Waals surface area contributed by atoms with Gasteiger partial charge in [-0.05, 0) is 27.8 Å². The average molecular weight is 313 g/mol. The minimum Gasteiger partial charge on any atom is -0.489 e. The third-order valence-electron chi connectivity index (χ3n) is 3.89. The van der Waals surface area contributed by atoms with Gasteiger partial charge in [-0.25, -0.2) is 0 Å². The molecule has 0 radical (unpaired) electrons. The molecule has 22 heavy (non-hydrogen) atoms. The van der Waals surface area contributed by atoms with E-state index in [1.54, 1.807) is 0 Å². The van der Waals surface area contributed by atoms with E-state index in [1.165, 1.54) is 16.3 Å². The molecule has 0 aliphatic rings. The summed E-state index contributed by atoms with van der Waals surface area (Å²) in [5.74, 6) is 1.05. The normalized spacial score (nSPS) is 12.3. The summed E-state index contributed by atoms with van der Waals surface area (Å²) < 4.78 is 6.15. The van der Waals surface area contributed by atoms with Crippen molar-refractivity contribution in [2.45, 2.75) is 52.4 Å². The zero-order valence-corrected chi connectivity index (χ0v) is 15.7.